The number of nitrogens with zero attached hydrogens (tertiary/aromatic N) is 3. The number of aromatic nitrogens is 2. The molecule has 2 amide bonds. The number of amides is 2. The predicted octanol–water partition coefficient (Wildman–Crippen LogP) is 0.736. The third-order valence-electron chi connectivity index (χ3n) is 4.57. The minimum atomic E-state index is -0.465. The zero-order valence-corrected chi connectivity index (χ0v) is 15.7. The summed E-state index contributed by atoms with van der Waals surface area (Å²) in [5, 5.41) is 9.48. The standard InChI is InChI=1S/C19H25N5O3/c1-13-3-5-15(6-4-13)12-24-10-9-21-19(26)16(24)11-18(25)20-8-7-17-22-14(2)27-23-17/h3-6,16H,7-12H2,1-2H3,(H,20,25)(H,21,26). The number of aryl methyl sites for hydroxylation is 2. The Morgan fingerprint density at radius 2 is 2.11 bits per heavy atom. The average Bonchev–Trinajstić information content (AvgIpc) is 3.05. The molecule has 8 nitrogen and oxygen atoms in total. The van der Waals surface area contributed by atoms with Crippen LogP contribution in [0.3, 0.4) is 0 Å². The largest absolute Gasteiger partial charge is 0.356 e. The van der Waals surface area contributed by atoms with E-state index in [1.165, 1.54) is 5.56 Å². The van der Waals surface area contributed by atoms with E-state index in [1.54, 1.807) is 6.92 Å². The number of rotatable bonds is 7. The first-order valence-electron chi connectivity index (χ1n) is 9.14. The monoisotopic (exact) mass is 371 g/mol. The van der Waals surface area contributed by atoms with Crippen molar-refractivity contribution in [2.75, 3.05) is 19.6 Å². The molecular formula is C19H25N5O3. The van der Waals surface area contributed by atoms with Gasteiger partial charge in [-0.25, -0.2) is 0 Å². The van der Waals surface area contributed by atoms with Gasteiger partial charge in [0.05, 0.1) is 12.5 Å². The van der Waals surface area contributed by atoms with Gasteiger partial charge in [0.2, 0.25) is 17.7 Å². The summed E-state index contributed by atoms with van der Waals surface area (Å²) in [5.74, 6) is 0.801. The molecule has 3 rings (SSSR count). The fraction of sp³-hybridized carbons (Fsp3) is 0.474. The fourth-order valence-corrected chi connectivity index (χ4v) is 3.11. The van der Waals surface area contributed by atoms with Gasteiger partial charge in [-0.3, -0.25) is 14.5 Å². The minimum absolute atomic E-state index is 0.0997. The molecule has 1 saturated heterocycles. The zero-order chi connectivity index (χ0) is 19.2. The van der Waals surface area contributed by atoms with Gasteiger partial charge in [0.1, 0.15) is 0 Å². The van der Waals surface area contributed by atoms with Crippen molar-refractivity contribution in [2.45, 2.75) is 39.3 Å². The van der Waals surface area contributed by atoms with Gasteiger partial charge in [-0.05, 0) is 12.5 Å². The van der Waals surface area contributed by atoms with Crippen LogP contribution in [0.5, 0.6) is 0 Å². The lowest BCUT2D eigenvalue weighted by atomic mass is 10.1. The van der Waals surface area contributed by atoms with Gasteiger partial charge in [0.15, 0.2) is 5.82 Å². The van der Waals surface area contributed by atoms with E-state index in [2.05, 4.69) is 49.9 Å². The van der Waals surface area contributed by atoms with Crippen LogP contribution in [-0.2, 0) is 22.6 Å². The summed E-state index contributed by atoms with van der Waals surface area (Å²) in [6.45, 7) is 6.14. The highest BCUT2D eigenvalue weighted by atomic mass is 16.5. The molecule has 2 aromatic rings. The van der Waals surface area contributed by atoms with Crippen LogP contribution in [0.15, 0.2) is 28.8 Å². The van der Waals surface area contributed by atoms with Crippen molar-refractivity contribution < 1.29 is 14.1 Å². The number of carbonyl (C=O) groups excluding carboxylic acids is 2. The van der Waals surface area contributed by atoms with E-state index in [0.717, 1.165) is 12.1 Å². The number of hydrogen-bond acceptors (Lipinski definition) is 6. The van der Waals surface area contributed by atoms with Crippen LogP contribution in [0.25, 0.3) is 0 Å². The maximum Gasteiger partial charge on any atom is 0.237 e. The van der Waals surface area contributed by atoms with E-state index in [4.69, 9.17) is 4.52 Å². The van der Waals surface area contributed by atoms with Gasteiger partial charge in [-0.15, -0.1) is 0 Å². The van der Waals surface area contributed by atoms with Crippen LogP contribution in [0.4, 0.5) is 0 Å². The third kappa shape index (κ3) is 5.37. The Hall–Kier alpha value is -2.74. The molecule has 1 unspecified atom stereocenters. The number of benzene rings is 1. The minimum Gasteiger partial charge on any atom is -0.356 e. The van der Waals surface area contributed by atoms with E-state index >= 15 is 0 Å². The molecule has 1 aliphatic rings. The van der Waals surface area contributed by atoms with Crippen molar-refractivity contribution in [3.05, 3.63) is 47.1 Å². The van der Waals surface area contributed by atoms with E-state index in [0.29, 0.717) is 37.8 Å². The first-order valence-corrected chi connectivity index (χ1v) is 9.14. The normalized spacial score (nSPS) is 17.6. The lowest BCUT2D eigenvalue weighted by Crippen LogP contribution is -2.56. The van der Waals surface area contributed by atoms with Gasteiger partial charge in [0.25, 0.3) is 0 Å². The second kappa shape index (κ2) is 8.77. The highest BCUT2D eigenvalue weighted by molar-refractivity contribution is 5.88. The topological polar surface area (TPSA) is 100 Å². The SMILES string of the molecule is Cc1ccc(CN2CCNC(=O)C2CC(=O)NCCc2noc(C)n2)cc1. The van der Waals surface area contributed by atoms with Crippen molar-refractivity contribution in [1.29, 1.82) is 0 Å². The summed E-state index contributed by atoms with van der Waals surface area (Å²) in [6, 6.07) is 7.77. The number of piperazine rings is 1. The molecule has 1 atom stereocenters. The maximum absolute atomic E-state index is 12.3. The molecule has 0 aliphatic carbocycles. The maximum atomic E-state index is 12.3. The van der Waals surface area contributed by atoms with Crippen molar-refractivity contribution in [3.63, 3.8) is 0 Å². The summed E-state index contributed by atoms with van der Waals surface area (Å²) < 4.78 is 4.90. The average molecular weight is 371 g/mol. The molecule has 2 heterocycles. The van der Waals surface area contributed by atoms with Crippen LogP contribution in [-0.4, -0.2) is 52.5 Å². The first-order chi connectivity index (χ1) is 13.0. The smallest absolute Gasteiger partial charge is 0.237 e. The van der Waals surface area contributed by atoms with Gasteiger partial charge in [-0.1, -0.05) is 35.0 Å². The number of nitrogens with one attached hydrogen (secondary N) is 2. The number of carbonyl (C=O) groups is 2. The fourth-order valence-electron chi connectivity index (χ4n) is 3.11. The van der Waals surface area contributed by atoms with Crippen LogP contribution in [0.1, 0.15) is 29.3 Å². The summed E-state index contributed by atoms with van der Waals surface area (Å²) in [6.07, 6.45) is 0.621. The highest BCUT2D eigenvalue weighted by Gasteiger charge is 2.31. The first kappa shape index (κ1) is 19.0. The predicted molar refractivity (Wildman–Crippen MR) is 98.8 cm³/mol. The van der Waals surface area contributed by atoms with Gasteiger partial charge >= 0.3 is 0 Å². The lowest BCUT2D eigenvalue weighted by molar-refractivity contribution is -0.134. The molecule has 1 aliphatic heterocycles. The van der Waals surface area contributed by atoms with Crippen LogP contribution >= 0.6 is 0 Å². The Kier molecular flexibility index (Phi) is 6.18. The molecule has 144 valence electrons. The molecular weight excluding hydrogens is 346 g/mol. The Morgan fingerprint density at radius 1 is 1.33 bits per heavy atom. The highest BCUT2D eigenvalue weighted by Crippen LogP contribution is 2.14. The van der Waals surface area contributed by atoms with Crippen molar-refractivity contribution in [1.82, 2.24) is 25.7 Å². The number of hydrogen-bond donors (Lipinski definition) is 2. The van der Waals surface area contributed by atoms with Crippen LogP contribution in [0, 0.1) is 13.8 Å². The molecule has 0 radical (unpaired) electrons. The van der Waals surface area contributed by atoms with Crippen LogP contribution < -0.4 is 10.6 Å². The third-order valence-corrected chi connectivity index (χ3v) is 4.57. The van der Waals surface area contributed by atoms with E-state index in [9.17, 15) is 9.59 Å². The van der Waals surface area contributed by atoms with E-state index in [1.807, 2.05) is 6.92 Å². The Morgan fingerprint density at radius 3 is 2.81 bits per heavy atom. The molecule has 27 heavy (non-hydrogen) atoms. The van der Waals surface area contributed by atoms with Crippen molar-refractivity contribution in [3.8, 4) is 0 Å². The summed E-state index contributed by atoms with van der Waals surface area (Å²) in [4.78, 5) is 30.8. The molecule has 0 saturated carbocycles. The molecule has 1 fully saturated rings. The van der Waals surface area contributed by atoms with Gasteiger partial charge < -0.3 is 15.2 Å². The molecule has 1 aromatic carbocycles. The molecule has 8 heteroatoms. The van der Waals surface area contributed by atoms with E-state index < -0.39 is 6.04 Å². The second-order valence-electron chi connectivity index (χ2n) is 6.80. The molecule has 2 N–H and O–H groups in total. The van der Waals surface area contributed by atoms with E-state index in [-0.39, 0.29) is 18.2 Å². The van der Waals surface area contributed by atoms with Gasteiger partial charge in [-0.2, -0.15) is 4.98 Å². The second-order valence-corrected chi connectivity index (χ2v) is 6.80. The Labute approximate surface area is 158 Å². The van der Waals surface area contributed by atoms with Crippen LogP contribution in [0.2, 0.25) is 0 Å². The van der Waals surface area contributed by atoms with Gasteiger partial charge in [0, 0.05) is 39.5 Å². The summed E-state index contributed by atoms with van der Waals surface area (Å²) >= 11 is 0. The van der Waals surface area contributed by atoms with Crippen molar-refractivity contribution in [2.24, 2.45) is 0 Å². The Balaban J connectivity index is 1.53. The quantitative estimate of drug-likeness (QED) is 0.744. The molecule has 0 bridgehead atoms. The summed E-state index contributed by atoms with van der Waals surface area (Å²) in [7, 11) is 0. The lowest BCUT2D eigenvalue weighted by Gasteiger charge is -2.34. The molecule has 1 aromatic heterocycles. The summed E-state index contributed by atoms with van der Waals surface area (Å²) in [5.41, 5.74) is 2.33. The molecule has 0 spiro atoms. The zero-order valence-electron chi connectivity index (χ0n) is 15.7. The van der Waals surface area contributed by atoms with Crippen molar-refractivity contribution >= 4 is 11.8 Å². The Bertz CT molecular complexity index is 787.